The fourth-order valence-corrected chi connectivity index (χ4v) is 2.49. The van der Waals surface area contributed by atoms with Crippen LogP contribution < -0.4 is 0 Å². The second-order valence-electron chi connectivity index (χ2n) is 4.76. The van der Waals surface area contributed by atoms with E-state index >= 15 is 0 Å². The highest BCUT2D eigenvalue weighted by atomic mass is 19.1. The lowest BCUT2D eigenvalue weighted by Gasteiger charge is -2.26. The van der Waals surface area contributed by atoms with Crippen LogP contribution in [0, 0.1) is 17.1 Å². The Morgan fingerprint density at radius 1 is 1.56 bits per heavy atom. The lowest BCUT2D eigenvalue weighted by atomic mass is 10.1. The number of rotatable bonds is 3. The molecule has 0 bridgehead atoms. The van der Waals surface area contributed by atoms with Crippen LogP contribution in [0.3, 0.4) is 0 Å². The molecule has 1 heterocycles. The summed E-state index contributed by atoms with van der Waals surface area (Å²) in [7, 11) is 1.99. The summed E-state index contributed by atoms with van der Waals surface area (Å²) in [4.78, 5) is 2.13. The molecule has 1 fully saturated rings. The number of hydrogen-bond donors (Lipinski definition) is 0. The zero-order valence-corrected chi connectivity index (χ0v) is 10.7. The van der Waals surface area contributed by atoms with Crippen molar-refractivity contribution in [1.82, 2.24) is 4.90 Å². The Kier molecular flexibility index (Phi) is 3.95. The summed E-state index contributed by atoms with van der Waals surface area (Å²) >= 11 is 0. The Hall–Kier alpha value is -1.44. The molecular formula is C14H17FN2O. The van der Waals surface area contributed by atoms with Gasteiger partial charge in [0.25, 0.3) is 0 Å². The highest BCUT2D eigenvalue weighted by Gasteiger charge is 2.28. The van der Waals surface area contributed by atoms with Crippen LogP contribution in [0.1, 0.15) is 24.5 Å². The second kappa shape index (κ2) is 5.47. The maximum Gasteiger partial charge on any atom is 0.123 e. The van der Waals surface area contributed by atoms with Crippen molar-refractivity contribution in [1.29, 1.82) is 5.26 Å². The highest BCUT2D eigenvalue weighted by molar-refractivity contribution is 5.37. The predicted octanol–water partition coefficient (Wildman–Crippen LogP) is 2.31. The van der Waals surface area contributed by atoms with Gasteiger partial charge in [-0.05, 0) is 44.2 Å². The van der Waals surface area contributed by atoms with Crippen LogP contribution in [0.2, 0.25) is 0 Å². The molecule has 1 aromatic rings. The van der Waals surface area contributed by atoms with Crippen molar-refractivity contribution in [3.05, 3.63) is 35.1 Å². The molecule has 4 heteroatoms. The zero-order valence-electron chi connectivity index (χ0n) is 10.7. The first-order valence-corrected chi connectivity index (χ1v) is 6.12. The van der Waals surface area contributed by atoms with E-state index in [1.807, 2.05) is 14.0 Å². The van der Waals surface area contributed by atoms with Gasteiger partial charge in [-0.2, -0.15) is 5.26 Å². The van der Waals surface area contributed by atoms with Crippen molar-refractivity contribution in [2.75, 3.05) is 13.7 Å². The summed E-state index contributed by atoms with van der Waals surface area (Å²) in [6.45, 7) is 3.38. The molecule has 0 N–H and O–H groups in total. The van der Waals surface area contributed by atoms with Crippen LogP contribution in [0.15, 0.2) is 18.2 Å². The topological polar surface area (TPSA) is 36.3 Å². The second-order valence-corrected chi connectivity index (χ2v) is 4.76. The van der Waals surface area contributed by atoms with Gasteiger partial charge in [0.1, 0.15) is 5.82 Å². The van der Waals surface area contributed by atoms with Gasteiger partial charge in [0.15, 0.2) is 0 Å². The number of nitrogens with zero attached hydrogens (tertiary/aromatic N) is 2. The molecule has 1 saturated heterocycles. The van der Waals surface area contributed by atoms with Gasteiger partial charge in [0.2, 0.25) is 0 Å². The maximum atomic E-state index is 13.2. The van der Waals surface area contributed by atoms with E-state index in [1.54, 1.807) is 0 Å². The van der Waals surface area contributed by atoms with Crippen LogP contribution in [-0.2, 0) is 11.3 Å². The Morgan fingerprint density at radius 3 is 2.94 bits per heavy atom. The van der Waals surface area contributed by atoms with E-state index < -0.39 is 0 Å². The van der Waals surface area contributed by atoms with Crippen molar-refractivity contribution >= 4 is 0 Å². The molecule has 96 valence electrons. The van der Waals surface area contributed by atoms with Gasteiger partial charge in [-0.3, -0.25) is 4.90 Å². The molecule has 1 aromatic carbocycles. The molecule has 0 aliphatic carbocycles. The Balaban J connectivity index is 2.13. The molecule has 2 unspecified atom stereocenters. The van der Waals surface area contributed by atoms with Gasteiger partial charge < -0.3 is 4.74 Å². The smallest absolute Gasteiger partial charge is 0.123 e. The SMILES string of the molecule is CC1OCCC1N(C)Cc1cc(F)ccc1C#N. The molecule has 0 spiro atoms. The van der Waals surface area contributed by atoms with Gasteiger partial charge in [-0.25, -0.2) is 4.39 Å². The van der Waals surface area contributed by atoms with Crippen LogP contribution in [0.5, 0.6) is 0 Å². The molecule has 0 saturated carbocycles. The van der Waals surface area contributed by atoms with Crippen molar-refractivity contribution in [3.63, 3.8) is 0 Å². The average molecular weight is 248 g/mol. The first-order chi connectivity index (χ1) is 8.61. The molecule has 1 aliphatic heterocycles. The molecule has 0 radical (unpaired) electrons. The molecule has 3 nitrogen and oxygen atoms in total. The number of likely N-dealkylation sites (N-methyl/N-ethyl adjacent to an activating group) is 1. The van der Waals surface area contributed by atoms with E-state index in [4.69, 9.17) is 10.00 Å². The van der Waals surface area contributed by atoms with Gasteiger partial charge in [0.05, 0.1) is 17.7 Å². The van der Waals surface area contributed by atoms with Gasteiger partial charge in [0, 0.05) is 19.2 Å². The molecule has 0 aromatic heterocycles. The number of hydrogen-bond acceptors (Lipinski definition) is 3. The summed E-state index contributed by atoms with van der Waals surface area (Å²) in [6, 6.07) is 6.74. The maximum absolute atomic E-state index is 13.2. The van der Waals surface area contributed by atoms with Crippen LogP contribution in [0.25, 0.3) is 0 Å². The average Bonchev–Trinajstić information content (AvgIpc) is 2.76. The minimum atomic E-state index is -0.298. The van der Waals surface area contributed by atoms with E-state index in [1.165, 1.54) is 18.2 Å². The molecule has 2 atom stereocenters. The van der Waals surface area contributed by atoms with E-state index in [-0.39, 0.29) is 11.9 Å². The van der Waals surface area contributed by atoms with Crippen LogP contribution in [0.4, 0.5) is 4.39 Å². The molecule has 18 heavy (non-hydrogen) atoms. The third-order valence-electron chi connectivity index (χ3n) is 3.51. The lowest BCUT2D eigenvalue weighted by molar-refractivity contribution is 0.0814. The number of benzene rings is 1. The van der Waals surface area contributed by atoms with E-state index in [0.717, 1.165) is 18.6 Å². The van der Waals surface area contributed by atoms with Crippen LogP contribution >= 0.6 is 0 Å². The number of ether oxygens (including phenoxy) is 1. The molecular weight excluding hydrogens is 231 g/mol. The fourth-order valence-electron chi connectivity index (χ4n) is 2.49. The Bertz CT molecular complexity index is 469. The Morgan fingerprint density at radius 2 is 2.33 bits per heavy atom. The predicted molar refractivity (Wildman–Crippen MR) is 66.4 cm³/mol. The Labute approximate surface area is 107 Å². The lowest BCUT2D eigenvalue weighted by Crippen LogP contribution is -2.36. The summed E-state index contributed by atoms with van der Waals surface area (Å²) in [6.07, 6.45) is 1.17. The van der Waals surface area contributed by atoms with Crippen molar-refractivity contribution < 1.29 is 9.13 Å². The highest BCUT2D eigenvalue weighted by Crippen LogP contribution is 2.21. The quantitative estimate of drug-likeness (QED) is 0.823. The fraction of sp³-hybridized carbons (Fsp3) is 0.500. The summed E-state index contributed by atoms with van der Waals surface area (Å²) in [5.41, 5.74) is 1.27. The third-order valence-corrected chi connectivity index (χ3v) is 3.51. The molecule has 0 amide bonds. The van der Waals surface area contributed by atoms with E-state index in [2.05, 4.69) is 11.0 Å². The monoisotopic (exact) mass is 248 g/mol. The van der Waals surface area contributed by atoms with Crippen molar-refractivity contribution in [2.24, 2.45) is 0 Å². The van der Waals surface area contributed by atoms with E-state index in [0.29, 0.717) is 18.2 Å². The number of halogens is 1. The van der Waals surface area contributed by atoms with Gasteiger partial charge in [-0.1, -0.05) is 0 Å². The van der Waals surface area contributed by atoms with Crippen molar-refractivity contribution in [3.8, 4) is 6.07 Å². The summed E-state index contributed by atoms with van der Waals surface area (Å²) in [5.74, 6) is -0.298. The zero-order chi connectivity index (χ0) is 13.1. The molecule has 2 rings (SSSR count). The third kappa shape index (κ3) is 2.69. The molecule has 1 aliphatic rings. The van der Waals surface area contributed by atoms with Gasteiger partial charge in [-0.15, -0.1) is 0 Å². The van der Waals surface area contributed by atoms with Crippen LogP contribution in [-0.4, -0.2) is 30.7 Å². The normalized spacial score (nSPS) is 23.3. The summed E-state index contributed by atoms with van der Waals surface area (Å²) < 4.78 is 18.8. The standard InChI is InChI=1S/C14H17FN2O/c1-10-14(5-6-18-10)17(2)9-12-7-13(15)4-3-11(12)8-16/h3-4,7,10,14H,5-6,9H2,1-2H3. The van der Waals surface area contributed by atoms with Gasteiger partial charge >= 0.3 is 0 Å². The van der Waals surface area contributed by atoms with E-state index in [9.17, 15) is 4.39 Å². The first-order valence-electron chi connectivity index (χ1n) is 6.12. The van der Waals surface area contributed by atoms with Crippen molar-refractivity contribution in [2.45, 2.75) is 32.0 Å². The first kappa shape index (κ1) is 13.0. The largest absolute Gasteiger partial charge is 0.377 e. The minimum absolute atomic E-state index is 0.189. The minimum Gasteiger partial charge on any atom is -0.377 e. The number of nitriles is 1. The summed E-state index contributed by atoms with van der Waals surface area (Å²) in [5, 5.41) is 9.02.